The SMILES string of the molecule is [2H]C([2H])(C=C)Oc1c(C=O)cccc1OC. The minimum atomic E-state index is -2.05. The lowest BCUT2D eigenvalue weighted by Crippen LogP contribution is -1.99. The van der Waals surface area contributed by atoms with Gasteiger partial charge in [0.05, 0.1) is 15.4 Å². The zero-order chi connectivity index (χ0) is 12.2. The second-order valence-corrected chi connectivity index (χ2v) is 2.42. The van der Waals surface area contributed by atoms with Crippen LogP contribution in [0.2, 0.25) is 0 Å². The van der Waals surface area contributed by atoms with E-state index < -0.39 is 6.56 Å². The minimum Gasteiger partial charge on any atom is -0.493 e. The van der Waals surface area contributed by atoms with E-state index in [9.17, 15) is 4.79 Å². The molecular formula is C11H12O3. The Kier molecular flexibility index (Phi) is 2.76. The van der Waals surface area contributed by atoms with Crippen LogP contribution in [-0.2, 0) is 0 Å². The highest BCUT2D eigenvalue weighted by atomic mass is 16.5. The quantitative estimate of drug-likeness (QED) is 0.531. The van der Waals surface area contributed by atoms with Gasteiger partial charge in [-0.15, -0.1) is 0 Å². The third kappa shape index (κ3) is 2.13. The number of aldehydes is 1. The van der Waals surface area contributed by atoms with E-state index in [0.29, 0.717) is 12.0 Å². The number of hydrogen-bond donors (Lipinski definition) is 0. The van der Waals surface area contributed by atoms with Crippen molar-refractivity contribution in [3.8, 4) is 11.5 Å². The van der Waals surface area contributed by atoms with Crippen molar-refractivity contribution in [3.05, 3.63) is 36.4 Å². The first-order chi connectivity index (χ1) is 7.54. The van der Waals surface area contributed by atoms with Crippen LogP contribution in [0.5, 0.6) is 11.5 Å². The fourth-order valence-electron chi connectivity index (χ4n) is 0.996. The van der Waals surface area contributed by atoms with Crippen LogP contribution in [0.25, 0.3) is 0 Å². The van der Waals surface area contributed by atoms with Gasteiger partial charge < -0.3 is 9.47 Å². The van der Waals surface area contributed by atoms with Crippen LogP contribution >= 0.6 is 0 Å². The number of para-hydroxylation sites is 1. The molecule has 3 nitrogen and oxygen atoms in total. The van der Waals surface area contributed by atoms with E-state index in [1.54, 1.807) is 12.1 Å². The first kappa shape index (κ1) is 7.62. The fourth-order valence-corrected chi connectivity index (χ4v) is 0.996. The third-order valence-corrected chi connectivity index (χ3v) is 1.60. The van der Waals surface area contributed by atoms with Crippen LogP contribution < -0.4 is 9.47 Å². The Morgan fingerprint density at radius 3 is 3.00 bits per heavy atom. The molecule has 0 fully saturated rings. The average molecular weight is 194 g/mol. The Hall–Kier alpha value is -1.77. The molecule has 0 spiro atoms. The summed E-state index contributed by atoms with van der Waals surface area (Å²) in [7, 11) is 1.42. The molecule has 1 aromatic rings. The maximum atomic E-state index is 10.8. The summed E-state index contributed by atoms with van der Waals surface area (Å²) in [5.41, 5.74) is 0.227. The predicted octanol–water partition coefficient (Wildman–Crippen LogP) is 2.07. The molecule has 14 heavy (non-hydrogen) atoms. The Labute approximate surface area is 85.8 Å². The lowest BCUT2D eigenvalue weighted by Gasteiger charge is -2.10. The molecule has 0 bridgehead atoms. The van der Waals surface area contributed by atoms with E-state index in [0.717, 1.165) is 6.08 Å². The second-order valence-electron chi connectivity index (χ2n) is 2.42. The van der Waals surface area contributed by atoms with Gasteiger partial charge in [0.1, 0.15) is 6.56 Å². The molecule has 0 atom stereocenters. The van der Waals surface area contributed by atoms with Crippen molar-refractivity contribution >= 4 is 6.29 Å². The van der Waals surface area contributed by atoms with Gasteiger partial charge in [0.25, 0.3) is 0 Å². The molecule has 0 amide bonds. The summed E-state index contributed by atoms with van der Waals surface area (Å²) in [6.07, 6.45) is 1.59. The first-order valence-electron chi connectivity index (χ1n) is 4.99. The van der Waals surface area contributed by atoms with Gasteiger partial charge in [-0.1, -0.05) is 18.7 Å². The van der Waals surface area contributed by atoms with Crippen LogP contribution in [0.3, 0.4) is 0 Å². The molecule has 74 valence electrons. The number of benzene rings is 1. The molecule has 0 N–H and O–H groups in total. The Morgan fingerprint density at radius 1 is 1.64 bits per heavy atom. The van der Waals surface area contributed by atoms with Crippen LogP contribution in [-0.4, -0.2) is 20.0 Å². The molecule has 0 aliphatic rings. The van der Waals surface area contributed by atoms with Crippen LogP contribution in [0.15, 0.2) is 30.9 Å². The highest BCUT2D eigenvalue weighted by molar-refractivity contribution is 5.81. The number of carbonyl (C=O) groups excluding carboxylic acids is 1. The maximum Gasteiger partial charge on any atom is 0.172 e. The largest absolute Gasteiger partial charge is 0.493 e. The van der Waals surface area contributed by atoms with Crippen molar-refractivity contribution in [1.29, 1.82) is 0 Å². The molecule has 0 radical (unpaired) electrons. The normalized spacial score (nSPS) is 12.4. The summed E-state index contributed by atoms with van der Waals surface area (Å²) >= 11 is 0. The van der Waals surface area contributed by atoms with Gasteiger partial charge in [-0.25, -0.2) is 0 Å². The van der Waals surface area contributed by atoms with Crippen molar-refractivity contribution in [3.63, 3.8) is 0 Å². The fraction of sp³-hybridized carbons (Fsp3) is 0.182. The molecule has 0 saturated carbocycles. The smallest absolute Gasteiger partial charge is 0.172 e. The summed E-state index contributed by atoms with van der Waals surface area (Å²) in [6, 6.07) is 4.73. The molecule has 0 heterocycles. The van der Waals surface area contributed by atoms with Crippen molar-refractivity contribution in [2.45, 2.75) is 0 Å². The standard InChI is InChI=1S/C11H12O3/c1-3-7-14-11-9(8-12)5-4-6-10(11)13-2/h3-6,8H,1,7H2,2H3/i7D2. The Morgan fingerprint density at radius 2 is 2.43 bits per heavy atom. The summed E-state index contributed by atoms with van der Waals surface area (Å²) in [6.45, 7) is 1.26. The number of rotatable bonds is 5. The van der Waals surface area contributed by atoms with Crippen molar-refractivity contribution in [2.24, 2.45) is 0 Å². The van der Waals surface area contributed by atoms with E-state index in [4.69, 9.17) is 12.2 Å². The van der Waals surface area contributed by atoms with E-state index in [1.807, 2.05) is 0 Å². The van der Waals surface area contributed by atoms with Crippen molar-refractivity contribution < 1.29 is 17.0 Å². The van der Waals surface area contributed by atoms with Crippen LogP contribution in [0.4, 0.5) is 0 Å². The minimum absolute atomic E-state index is 0.0740. The topological polar surface area (TPSA) is 35.5 Å². The number of carbonyl (C=O) groups is 1. The average Bonchev–Trinajstić information content (AvgIpc) is 2.29. The number of methoxy groups -OCH3 is 1. The molecular weight excluding hydrogens is 180 g/mol. The van der Waals surface area contributed by atoms with Crippen LogP contribution in [0, 0.1) is 0 Å². The maximum absolute atomic E-state index is 10.8. The first-order valence-corrected chi connectivity index (χ1v) is 3.99. The molecule has 0 saturated heterocycles. The van der Waals surface area contributed by atoms with Gasteiger partial charge in [-0.2, -0.15) is 0 Å². The number of hydrogen-bond acceptors (Lipinski definition) is 3. The molecule has 3 heteroatoms. The van der Waals surface area contributed by atoms with Gasteiger partial charge in [0, 0.05) is 0 Å². The van der Waals surface area contributed by atoms with E-state index in [1.165, 1.54) is 13.2 Å². The van der Waals surface area contributed by atoms with Gasteiger partial charge in [0.2, 0.25) is 0 Å². The molecule has 0 unspecified atom stereocenters. The summed E-state index contributed by atoms with van der Waals surface area (Å²) < 4.78 is 24.9. The molecule has 0 aliphatic heterocycles. The molecule has 0 aromatic heterocycles. The molecule has 0 aliphatic carbocycles. The highest BCUT2D eigenvalue weighted by Crippen LogP contribution is 2.29. The van der Waals surface area contributed by atoms with Gasteiger partial charge in [0.15, 0.2) is 17.8 Å². The Bertz CT molecular complexity index is 402. The lowest BCUT2D eigenvalue weighted by molar-refractivity contribution is 0.111. The Balaban J connectivity index is 3.18. The summed E-state index contributed by atoms with van der Waals surface area (Å²) in [4.78, 5) is 10.8. The van der Waals surface area contributed by atoms with E-state index >= 15 is 0 Å². The van der Waals surface area contributed by atoms with Crippen LogP contribution in [0.1, 0.15) is 13.1 Å². The molecule has 1 rings (SSSR count). The zero-order valence-electron chi connectivity index (χ0n) is 9.82. The van der Waals surface area contributed by atoms with Gasteiger partial charge in [-0.05, 0) is 12.1 Å². The van der Waals surface area contributed by atoms with Gasteiger partial charge in [-0.3, -0.25) is 4.79 Å². The highest BCUT2D eigenvalue weighted by Gasteiger charge is 2.08. The lowest BCUT2D eigenvalue weighted by atomic mass is 10.2. The van der Waals surface area contributed by atoms with Crippen molar-refractivity contribution in [1.82, 2.24) is 0 Å². The predicted molar refractivity (Wildman–Crippen MR) is 54.1 cm³/mol. The molecule has 1 aromatic carbocycles. The van der Waals surface area contributed by atoms with Gasteiger partial charge >= 0.3 is 0 Å². The zero-order valence-corrected chi connectivity index (χ0v) is 7.82. The third-order valence-electron chi connectivity index (χ3n) is 1.60. The second kappa shape index (κ2) is 5.07. The van der Waals surface area contributed by atoms with E-state index in [-0.39, 0.29) is 11.3 Å². The summed E-state index contributed by atoms with van der Waals surface area (Å²) in [5.74, 6) is 0.375. The monoisotopic (exact) mass is 194 g/mol. The van der Waals surface area contributed by atoms with E-state index in [2.05, 4.69) is 6.58 Å². The summed E-state index contributed by atoms with van der Waals surface area (Å²) in [5, 5.41) is 0. The van der Waals surface area contributed by atoms with Crippen molar-refractivity contribution in [2.75, 3.05) is 13.7 Å². The number of ether oxygens (including phenoxy) is 2.